The van der Waals surface area contributed by atoms with Crippen molar-refractivity contribution in [3.63, 3.8) is 0 Å². The van der Waals surface area contributed by atoms with Crippen molar-refractivity contribution in [1.29, 1.82) is 0 Å². The van der Waals surface area contributed by atoms with Crippen LogP contribution in [0, 0.1) is 11.3 Å². The van der Waals surface area contributed by atoms with E-state index in [0.29, 0.717) is 0 Å². The van der Waals surface area contributed by atoms with Crippen molar-refractivity contribution in [3.05, 3.63) is 0 Å². The molecule has 2 aliphatic rings. The van der Waals surface area contributed by atoms with Gasteiger partial charge in [0, 0.05) is 5.92 Å². The molecule has 0 aromatic rings. The quantitative estimate of drug-likeness (QED) is 0.679. The van der Waals surface area contributed by atoms with E-state index in [2.05, 4.69) is 10.6 Å². The number of nitrogens with one attached hydrogen (secondary N) is 2. The fourth-order valence-corrected chi connectivity index (χ4v) is 2.70. The summed E-state index contributed by atoms with van der Waals surface area (Å²) >= 11 is 0. The smallest absolute Gasteiger partial charge is 0.224 e. The number of amides is 1. The summed E-state index contributed by atoms with van der Waals surface area (Å²) in [5.74, 6) is 0.292. The zero-order chi connectivity index (χ0) is 12.7. The van der Waals surface area contributed by atoms with Crippen molar-refractivity contribution in [2.45, 2.75) is 51.7 Å². The number of carbonyl (C=O) groups is 1. The van der Waals surface area contributed by atoms with E-state index in [4.69, 9.17) is 0 Å². The van der Waals surface area contributed by atoms with E-state index in [-0.39, 0.29) is 17.2 Å². The first-order valence-corrected chi connectivity index (χ1v) is 6.58. The van der Waals surface area contributed by atoms with Gasteiger partial charge in [-0.15, -0.1) is 0 Å². The van der Waals surface area contributed by atoms with Crippen LogP contribution in [0.15, 0.2) is 0 Å². The Morgan fingerprint density at radius 2 is 2.06 bits per heavy atom. The third-order valence-electron chi connectivity index (χ3n) is 4.60. The van der Waals surface area contributed by atoms with Crippen LogP contribution < -0.4 is 10.6 Å². The number of hydrogen-bond acceptors (Lipinski definition) is 3. The molecule has 1 aliphatic carbocycles. The number of carbonyl (C=O) groups excluding carboxylic acids is 1. The predicted molar refractivity (Wildman–Crippen MR) is 66.5 cm³/mol. The highest BCUT2D eigenvalue weighted by molar-refractivity contribution is 5.83. The van der Waals surface area contributed by atoms with E-state index in [1.54, 1.807) is 6.92 Å². The first-order valence-electron chi connectivity index (χ1n) is 6.58. The summed E-state index contributed by atoms with van der Waals surface area (Å²) in [4.78, 5) is 12.2. The average Bonchev–Trinajstić information content (AvgIpc) is 2.92. The molecule has 0 aromatic heterocycles. The van der Waals surface area contributed by atoms with Crippen LogP contribution in [0.5, 0.6) is 0 Å². The standard InChI is InChI=1S/C13H24N2O2/c1-9(16)12(2,3)15-11(17)10-8-13(10)4-6-14-7-5-13/h9-10,14,16H,4-8H2,1-3H3,(H,15,17). The first kappa shape index (κ1) is 12.8. The minimum absolute atomic E-state index is 0.123. The van der Waals surface area contributed by atoms with Gasteiger partial charge in [-0.05, 0) is 58.5 Å². The number of hydrogen-bond donors (Lipinski definition) is 3. The van der Waals surface area contributed by atoms with Gasteiger partial charge in [0.15, 0.2) is 0 Å². The van der Waals surface area contributed by atoms with E-state index in [9.17, 15) is 9.90 Å². The van der Waals surface area contributed by atoms with E-state index >= 15 is 0 Å². The van der Waals surface area contributed by atoms with Gasteiger partial charge in [-0.25, -0.2) is 0 Å². The Hall–Kier alpha value is -0.610. The Morgan fingerprint density at radius 3 is 2.59 bits per heavy atom. The van der Waals surface area contributed by atoms with Crippen LogP contribution in [0.1, 0.15) is 40.0 Å². The molecule has 2 atom stereocenters. The third kappa shape index (κ3) is 2.47. The zero-order valence-electron chi connectivity index (χ0n) is 11.0. The van der Waals surface area contributed by atoms with Crippen LogP contribution in [0.3, 0.4) is 0 Å². The summed E-state index contributed by atoms with van der Waals surface area (Å²) in [5.41, 5.74) is -0.266. The molecule has 3 N–H and O–H groups in total. The molecule has 0 aromatic carbocycles. The Labute approximate surface area is 103 Å². The lowest BCUT2D eigenvalue weighted by atomic mass is 9.91. The normalized spacial score (nSPS) is 28.8. The minimum Gasteiger partial charge on any atom is -0.391 e. The molecule has 4 heteroatoms. The number of piperidine rings is 1. The Bertz CT molecular complexity index is 307. The highest BCUT2D eigenvalue weighted by Crippen LogP contribution is 2.58. The predicted octanol–water partition coefficient (Wildman–Crippen LogP) is 0.652. The third-order valence-corrected chi connectivity index (χ3v) is 4.60. The van der Waals surface area contributed by atoms with Crippen LogP contribution in [0.2, 0.25) is 0 Å². The fraction of sp³-hybridized carbons (Fsp3) is 0.923. The molecule has 98 valence electrons. The molecule has 1 saturated heterocycles. The van der Waals surface area contributed by atoms with Gasteiger partial charge < -0.3 is 15.7 Å². The second-order valence-corrected chi connectivity index (χ2v) is 6.26. The molecule has 2 unspecified atom stereocenters. The molecular formula is C13H24N2O2. The van der Waals surface area contributed by atoms with Crippen LogP contribution >= 0.6 is 0 Å². The lowest BCUT2D eigenvalue weighted by Gasteiger charge is -2.30. The maximum Gasteiger partial charge on any atom is 0.224 e. The first-order chi connectivity index (χ1) is 7.87. The molecule has 2 fully saturated rings. The van der Waals surface area contributed by atoms with Gasteiger partial charge in [-0.2, -0.15) is 0 Å². The van der Waals surface area contributed by atoms with Crippen molar-refractivity contribution < 1.29 is 9.90 Å². The second-order valence-electron chi connectivity index (χ2n) is 6.26. The van der Waals surface area contributed by atoms with E-state index in [1.807, 2.05) is 13.8 Å². The molecule has 1 saturated carbocycles. The maximum atomic E-state index is 12.2. The summed E-state index contributed by atoms with van der Waals surface area (Å²) in [5, 5.41) is 15.9. The molecule has 0 radical (unpaired) electrons. The van der Waals surface area contributed by atoms with Gasteiger partial charge in [-0.3, -0.25) is 4.79 Å². The van der Waals surface area contributed by atoms with Gasteiger partial charge in [-0.1, -0.05) is 0 Å². The number of aliphatic hydroxyl groups excluding tert-OH is 1. The molecule has 4 nitrogen and oxygen atoms in total. The lowest BCUT2D eigenvalue weighted by molar-refractivity contribution is -0.126. The minimum atomic E-state index is -0.534. The van der Waals surface area contributed by atoms with Gasteiger partial charge in [0.1, 0.15) is 0 Å². The summed E-state index contributed by atoms with van der Waals surface area (Å²) in [6.45, 7) is 7.51. The Morgan fingerprint density at radius 1 is 1.47 bits per heavy atom. The van der Waals surface area contributed by atoms with Crippen LogP contribution in [0.25, 0.3) is 0 Å². The van der Waals surface area contributed by atoms with Crippen molar-refractivity contribution >= 4 is 5.91 Å². The van der Waals surface area contributed by atoms with Crippen molar-refractivity contribution in [2.75, 3.05) is 13.1 Å². The molecule has 1 aliphatic heterocycles. The monoisotopic (exact) mass is 240 g/mol. The lowest BCUT2D eigenvalue weighted by Crippen LogP contribution is -2.52. The Balaban J connectivity index is 1.90. The average molecular weight is 240 g/mol. The SMILES string of the molecule is CC(O)C(C)(C)NC(=O)C1CC12CCNCC2. The summed E-state index contributed by atoms with van der Waals surface area (Å²) < 4.78 is 0. The van der Waals surface area contributed by atoms with Crippen LogP contribution in [-0.4, -0.2) is 35.7 Å². The van der Waals surface area contributed by atoms with Gasteiger partial charge in [0.05, 0.1) is 11.6 Å². The fourth-order valence-electron chi connectivity index (χ4n) is 2.70. The molecule has 0 bridgehead atoms. The second kappa shape index (κ2) is 4.25. The van der Waals surface area contributed by atoms with E-state index in [0.717, 1.165) is 32.4 Å². The summed E-state index contributed by atoms with van der Waals surface area (Å²) in [7, 11) is 0. The van der Waals surface area contributed by atoms with E-state index in [1.165, 1.54) is 0 Å². The molecule has 2 rings (SSSR count). The maximum absolute atomic E-state index is 12.2. The van der Waals surface area contributed by atoms with E-state index < -0.39 is 11.6 Å². The largest absolute Gasteiger partial charge is 0.391 e. The molecule has 1 heterocycles. The molecule has 17 heavy (non-hydrogen) atoms. The highest BCUT2D eigenvalue weighted by Gasteiger charge is 2.58. The van der Waals surface area contributed by atoms with Crippen LogP contribution in [0.4, 0.5) is 0 Å². The zero-order valence-corrected chi connectivity index (χ0v) is 11.0. The van der Waals surface area contributed by atoms with Crippen LogP contribution in [-0.2, 0) is 4.79 Å². The van der Waals surface area contributed by atoms with Gasteiger partial charge in [0.25, 0.3) is 0 Å². The summed E-state index contributed by atoms with van der Waals surface area (Å²) in [6, 6.07) is 0. The Kier molecular flexibility index (Phi) is 3.21. The molecular weight excluding hydrogens is 216 g/mol. The molecule has 1 amide bonds. The topological polar surface area (TPSA) is 61.4 Å². The summed E-state index contributed by atoms with van der Waals surface area (Å²) in [6.07, 6.45) is 2.71. The van der Waals surface area contributed by atoms with Gasteiger partial charge in [0.2, 0.25) is 5.91 Å². The van der Waals surface area contributed by atoms with Crippen molar-refractivity contribution in [3.8, 4) is 0 Å². The van der Waals surface area contributed by atoms with Crippen molar-refractivity contribution in [1.82, 2.24) is 10.6 Å². The highest BCUT2D eigenvalue weighted by atomic mass is 16.3. The van der Waals surface area contributed by atoms with Crippen molar-refractivity contribution in [2.24, 2.45) is 11.3 Å². The molecule has 1 spiro atoms. The van der Waals surface area contributed by atoms with Gasteiger partial charge >= 0.3 is 0 Å². The number of rotatable bonds is 3. The number of aliphatic hydroxyl groups is 1.